The third kappa shape index (κ3) is 4.93. The van der Waals surface area contributed by atoms with Crippen molar-refractivity contribution in [2.24, 2.45) is 0 Å². The molecule has 1 aliphatic heterocycles. The number of benzene rings is 1. The molecule has 1 atom stereocenters. The molecule has 0 aliphatic carbocycles. The highest BCUT2D eigenvalue weighted by atomic mass is 35.5. The van der Waals surface area contributed by atoms with E-state index < -0.39 is 0 Å². The average Bonchev–Trinajstić information content (AvgIpc) is 3.30. The minimum atomic E-state index is -0.0491. The highest BCUT2D eigenvalue weighted by Gasteiger charge is 2.23. The largest absolute Gasteiger partial charge is 0.486 e. The Morgan fingerprint density at radius 3 is 2.92 bits per heavy atom. The number of hydrogen-bond acceptors (Lipinski definition) is 5. The fraction of sp³-hybridized carbons (Fsp3) is 0.444. The first-order valence-corrected chi connectivity index (χ1v) is 9.65. The van der Waals surface area contributed by atoms with Gasteiger partial charge in [0.2, 0.25) is 0 Å². The number of carbonyl (C=O) groups excluding carboxylic acids is 1. The molecule has 1 amide bonds. The molecule has 1 aliphatic rings. The highest BCUT2D eigenvalue weighted by molar-refractivity contribution is 7.09. The van der Waals surface area contributed by atoms with Crippen molar-refractivity contribution >= 4 is 28.8 Å². The van der Waals surface area contributed by atoms with Crippen molar-refractivity contribution in [1.29, 1.82) is 0 Å². The van der Waals surface area contributed by atoms with Gasteiger partial charge in [0, 0.05) is 30.1 Å². The first kappa shape index (κ1) is 18.2. The van der Waals surface area contributed by atoms with E-state index in [1.807, 2.05) is 19.1 Å². The van der Waals surface area contributed by atoms with Gasteiger partial charge < -0.3 is 14.4 Å². The van der Waals surface area contributed by atoms with Crippen LogP contribution in [0.4, 0.5) is 0 Å². The molecule has 25 heavy (non-hydrogen) atoms. The Bertz CT molecular complexity index is 699. The van der Waals surface area contributed by atoms with E-state index in [1.165, 1.54) is 11.3 Å². The number of carbonyl (C=O) groups is 1. The van der Waals surface area contributed by atoms with Gasteiger partial charge in [-0.15, -0.1) is 11.3 Å². The Hall–Kier alpha value is -1.63. The van der Waals surface area contributed by atoms with Gasteiger partial charge in [0.1, 0.15) is 23.1 Å². The van der Waals surface area contributed by atoms with Gasteiger partial charge in [-0.1, -0.05) is 11.6 Å². The van der Waals surface area contributed by atoms with Gasteiger partial charge in [-0.2, -0.15) is 0 Å². The number of halogens is 1. The molecule has 0 bridgehead atoms. The number of ether oxygens (including phenoxy) is 2. The van der Waals surface area contributed by atoms with Crippen molar-refractivity contribution in [3.63, 3.8) is 0 Å². The second-order valence-electron chi connectivity index (χ2n) is 5.85. The van der Waals surface area contributed by atoms with Crippen LogP contribution in [0, 0.1) is 0 Å². The zero-order valence-corrected chi connectivity index (χ0v) is 15.7. The van der Waals surface area contributed by atoms with E-state index in [-0.39, 0.29) is 12.0 Å². The normalized spacial score (nSPS) is 16.8. The third-order valence-electron chi connectivity index (χ3n) is 4.06. The molecule has 2 aromatic rings. The second-order valence-corrected chi connectivity index (χ2v) is 7.23. The number of rotatable bonds is 7. The van der Waals surface area contributed by atoms with Crippen LogP contribution >= 0.6 is 22.9 Å². The molecule has 1 saturated heterocycles. The summed E-state index contributed by atoms with van der Waals surface area (Å²) >= 11 is 7.28. The summed E-state index contributed by atoms with van der Waals surface area (Å²) in [5, 5.41) is 3.23. The first-order chi connectivity index (χ1) is 12.2. The molecule has 1 aromatic carbocycles. The lowest BCUT2D eigenvalue weighted by Crippen LogP contribution is -2.37. The molecule has 0 saturated carbocycles. The highest BCUT2D eigenvalue weighted by Crippen LogP contribution is 2.19. The van der Waals surface area contributed by atoms with Crippen LogP contribution in [0.25, 0.3) is 0 Å². The minimum Gasteiger partial charge on any atom is -0.486 e. The molecule has 0 radical (unpaired) electrons. The quantitative estimate of drug-likeness (QED) is 0.728. The molecular weight excluding hydrogens is 360 g/mol. The molecule has 0 spiro atoms. The number of hydrogen-bond donors (Lipinski definition) is 0. The maximum atomic E-state index is 12.6. The number of nitrogens with zero attached hydrogens (tertiary/aromatic N) is 2. The summed E-state index contributed by atoms with van der Waals surface area (Å²) in [5.74, 6) is 0.674. The van der Waals surface area contributed by atoms with Gasteiger partial charge in [-0.25, -0.2) is 4.98 Å². The topological polar surface area (TPSA) is 51.7 Å². The van der Waals surface area contributed by atoms with Crippen LogP contribution in [0.1, 0.15) is 35.3 Å². The van der Waals surface area contributed by atoms with Crippen molar-refractivity contribution in [1.82, 2.24) is 9.88 Å². The number of thiazole rings is 1. The minimum absolute atomic E-state index is 0.0491. The lowest BCUT2D eigenvalue weighted by molar-refractivity contribution is 0.0535. The number of aromatic nitrogens is 1. The Morgan fingerprint density at radius 1 is 1.44 bits per heavy atom. The summed E-state index contributed by atoms with van der Waals surface area (Å²) in [7, 11) is 0. The van der Waals surface area contributed by atoms with Crippen LogP contribution in [0.15, 0.2) is 29.6 Å². The number of likely N-dealkylation sites (N-methyl/N-ethyl adjacent to an activating group) is 1. The van der Waals surface area contributed by atoms with E-state index >= 15 is 0 Å². The SMILES string of the molecule is CCN(CC1CCCO1)C(=O)c1csc(COc2ccc(Cl)cc2)n1. The number of amides is 1. The van der Waals surface area contributed by atoms with E-state index in [0.717, 1.165) is 30.2 Å². The maximum absolute atomic E-state index is 12.6. The van der Waals surface area contributed by atoms with Gasteiger partial charge in [-0.3, -0.25) is 4.79 Å². The van der Waals surface area contributed by atoms with Gasteiger partial charge in [0.15, 0.2) is 0 Å². The van der Waals surface area contributed by atoms with Crippen LogP contribution in [-0.4, -0.2) is 41.6 Å². The molecule has 1 aromatic heterocycles. The molecule has 0 N–H and O–H groups in total. The second kappa shape index (κ2) is 8.65. The lowest BCUT2D eigenvalue weighted by atomic mass is 10.2. The molecule has 1 unspecified atom stereocenters. The summed E-state index contributed by atoms with van der Waals surface area (Å²) in [6.45, 7) is 4.37. The smallest absolute Gasteiger partial charge is 0.273 e. The summed E-state index contributed by atoms with van der Waals surface area (Å²) in [6.07, 6.45) is 2.23. The average molecular weight is 381 g/mol. The molecule has 7 heteroatoms. The van der Waals surface area contributed by atoms with Crippen LogP contribution in [0.5, 0.6) is 5.75 Å². The van der Waals surface area contributed by atoms with Crippen molar-refractivity contribution in [2.75, 3.05) is 19.7 Å². The molecule has 3 rings (SSSR count). The van der Waals surface area contributed by atoms with E-state index in [9.17, 15) is 4.79 Å². The van der Waals surface area contributed by atoms with Crippen molar-refractivity contribution < 1.29 is 14.3 Å². The fourth-order valence-corrected chi connectivity index (χ4v) is 3.51. The van der Waals surface area contributed by atoms with Crippen LogP contribution in [0.3, 0.4) is 0 Å². The zero-order chi connectivity index (χ0) is 17.6. The standard InChI is InChI=1S/C18H21ClN2O3S/c1-2-21(10-15-4-3-9-23-15)18(22)16-12-25-17(20-16)11-24-14-7-5-13(19)6-8-14/h5-8,12,15H,2-4,9-11H2,1H3. The van der Waals surface area contributed by atoms with E-state index in [0.29, 0.717) is 30.4 Å². The monoisotopic (exact) mass is 380 g/mol. The summed E-state index contributed by atoms with van der Waals surface area (Å²) in [6, 6.07) is 7.17. The molecule has 5 nitrogen and oxygen atoms in total. The van der Waals surface area contributed by atoms with Crippen LogP contribution in [-0.2, 0) is 11.3 Å². The van der Waals surface area contributed by atoms with Crippen molar-refractivity contribution in [2.45, 2.75) is 32.5 Å². The molecule has 1 fully saturated rings. The Labute approximate surface area is 156 Å². The lowest BCUT2D eigenvalue weighted by Gasteiger charge is -2.23. The summed E-state index contributed by atoms with van der Waals surface area (Å²) in [5.41, 5.74) is 0.472. The Balaban J connectivity index is 1.57. The Morgan fingerprint density at radius 2 is 2.24 bits per heavy atom. The van der Waals surface area contributed by atoms with E-state index in [2.05, 4.69) is 4.98 Å². The van der Waals surface area contributed by atoms with Gasteiger partial charge in [-0.05, 0) is 44.0 Å². The van der Waals surface area contributed by atoms with E-state index in [1.54, 1.807) is 22.4 Å². The predicted octanol–water partition coefficient (Wildman–Crippen LogP) is 4.02. The Kier molecular flexibility index (Phi) is 6.29. The maximum Gasteiger partial charge on any atom is 0.273 e. The molecular formula is C18H21ClN2O3S. The molecule has 2 heterocycles. The first-order valence-electron chi connectivity index (χ1n) is 8.39. The van der Waals surface area contributed by atoms with E-state index in [4.69, 9.17) is 21.1 Å². The van der Waals surface area contributed by atoms with Gasteiger partial charge in [0.25, 0.3) is 5.91 Å². The van der Waals surface area contributed by atoms with Crippen molar-refractivity contribution in [3.8, 4) is 5.75 Å². The van der Waals surface area contributed by atoms with Gasteiger partial charge >= 0.3 is 0 Å². The third-order valence-corrected chi connectivity index (χ3v) is 5.14. The zero-order valence-electron chi connectivity index (χ0n) is 14.1. The fourth-order valence-electron chi connectivity index (χ4n) is 2.70. The summed E-state index contributed by atoms with van der Waals surface area (Å²) < 4.78 is 11.3. The summed E-state index contributed by atoms with van der Waals surface area (Å²) in [4.78, 5) is 18.9. The van der Waals surface area contributed by atoms with Crippen LogP contribution in [0.2, 0.25) is 5.02 Å². The van der Waals surface area contributed by atoms with Crippen molar-refractivity contribution in [3.05, 3.63) is 45.4 Å². The molecule has 134 valence electrons. The van der Waals surface area contributed by atoms with Crippen LogP contribution < -0.4 is 4.74 Å². The van der Waals surface area contributed by atoms with Gasteiger partial charge in [0.05, 0.1) is 6.10 Å². The predicted molar refractivity (Wildman–Crippen MR) is 98.4 cm³/mol.